The maximum absolute atomic E-state index is 13.1. The van der Waals surface area contributed by atoms with Crippen molar-refractivity contribution in [1.29, 1.82) is 0 Å². The zero-order chi connectivity index (χ0) is 18.8. The fraction of sp³-hybridized carbons (Fsp3) is 0.444. The summed E-state index contributed by atoms with van der Waals surface area (Å²) in [4.78, 5) is 39.6. The van der Waals surface area contributed by atoms with Crippen LogP contribution in [0.25, 0.3) is 4.96 Å². The lowest BCUT2D eigenvalue weighted by Crippen LogP contribution is -2.45. The van der Waals surface area contributed by atoms with Crippen molar-refractivity contribution in [2.24, 2.45) is 0 Å². The summed E-state index contributed by atoms with van der Waals surface area (Å²) in [6, 6.07) is 0. The van der Waals surface area contributed by atoms with Gasteiger partial charge in [-0.3, -0.25) is 19.0 Å². The number of nitrogen functional groups attached to an aromatic ring is 1. The van der Waals surface area contributed by atoms with Crippen molar-refractivity contribution in [3.05, 3.63) is 44.6 Å². The molecule has 2 aliphatic rings. The lowest BCUT2D eigenvalue weighted by molar-refractivity contribution is 0.0656. The molecule has 140 valence electrons. The normalized spacial score (nSPS) is 18.3. The Hall–Kier alpha value is -2.68. The number of rotatable bonds is 1. The van der Waals surface area contributed by atoms with E-state index in [0.29, 0.717) is 18.8 Å². The molecule has 3 aromatic heterocycles. The molecule has 1 amide bonds. The Labute approximate surface area is 159 Å². The minimum absolute atomic E-state index is 0.0184. The van der Waals surface area contributed by atoms with E-state index in [1.165, 1.54) is 11.3 Å². The van der Waals surface area contributed by atoms with Crippen LogP contribution >= 0.6 is 11.3 Å². The molecular weight excluding hydrogens is 364 g/mol. The van der Waals surface area contributed by atoms with Gasteiger partial charge >= 0.3 is 0 Å². The van der Waals surface area contributed by atoms with Crippen molar-refractivity contribution in [2.45, 2.75) is 38.0 Å². The molecule has 0 atom stereocenters. The molecule has 0 bridgehead atoms. The molecular formula is C18H20N6O2S. The quantitative estimate of drug-likeness (QED) is 0.661. The summed E-state index contributed by atoms with van der Waals surface area (Å²) in [5, 5.41) is 1.94. The standard InChI is InChI=1S/C18H20N6O2S/c1-10-12(24-8-9-27-17(24)20-10)15(26)23-6-4-18(5-7-23)3-2-11-13(18)21-16(19)22-14(11)25/h8-9H,2-7H2,1H3,(H3,19,21,22,25). The first-order chi connectivity index (χ1) is 13.0. The number of aromatic amines is 1. The minimum Gasteiger partial charge on any atom is -0.369 e. The van der Waals surface area contributed by atoms with Gasteiger partial charge in [0.05, 0.1) is 11.4 Å². The van der Waals surface area contributed by atoms with E-state index in [1.807, 2.05) is 27.8 Å². The number of piperidine rings is 1. The van der Waals surface area contributed by atoms with Crippen LogP contribution in [0.5, 0.6) is 0 Å². The van der Waals surface area contributed by atoms with Crippen LogP contribution in [-0.2, 0) is 11.8 Å². The first kappa shape index (κ1) is 16.5. The van der Waals surface area contributed by atoms with Crippen molar-refractivity contribution in [2.75, 3.05) is 18.8 Å². The van der Waals surface area contributed by atoms with Gasteiger partial charge in [0.2, 0.25) is 5.95 Å². The molecule has 1 aliphatic carbocycles. The second-order valence-corrected chi connectivity index (χ2v) is 8.33. The highest BCUT2D eigenvalue weighted by Crippen LogP contribution is 2.44. The number of hydrogen-bond acceptors (Lipinski definition) is 6. The van der Waals surface area contributed by atoms with Crippen molar-refractivity contribution >= 4 is 28.2 Å². The van der Waals surface area contributed by atoms with Gasteiger partial charge in [0.15, 0.2) is 4.96 Å². The van der Waals surface area contributed by atoms with Crippen LogP contribution in [-0.4, -0.2) is 43.2 Å². The summed E-state index contributed by atoms with van der Waals surface area (Å²) >= 11 is 1.53. The molecule has 27 heavy (non-hydrogen) atoms. The smallest absolute Gasteiger partial charge is 0.272 e. The predicted octanol–water partition coefficient (Wildman–Crippen LogP) is 1.49. The molecule has 0 radical (unpaired) electrons. The van der Waals surface area contributed by atoms with E-state index >= 15 is 0 Å². The molecule has 1 fully saturated rings. The zero-order valence-corrected chi connectivity index (χ0v) is 15.8. The number of aryl methyl sites for hydroxylation is 1. The van der Waals surface area contributed by atoms with Crippen LogP contribution < -0.4 is 11.3 Å². The maximum atomic E-state index is 13.1. The minimum atomic E-state index is -0.140. The highest BCUT2D eigenvalue weighted by atomic mass is 32.1. The Morgan fingerprint density at radius 3 is 2.85 bits per heavy atom. The summed E-state index contributed by atoms with van der Waals surface area (Å²) in [5.41, 5.74) is 8.53. The van der Waals surface area contributed by atoms with Gasteiger partial charge in [-0.1, -0.05) is 0 Å². The largest absolute Gasteiger partial charge is 0.369 e. The summed E-state index contributed by atoms with van der Waals surface area (Å²) < 4.78 is 1.87. The van der Waals surface area contributed by atoms with E-state index < -0.39 is 0 Å². The number of carbonyl (C=O) groups is 1. The molecule has 0 aromatic carbocycles. The van der Waals surface area contributed by atoms with Gasteiger partial charge in [-0.2, -0.15) is 0 Å². The van der Waals surface area contributed by atoms with Crippen molar-refractivity contribution < 1.29 is 4.79 Å². The molecule has 3 aromatic rings. The summed E-state index contributed by atoms with van der Waals surface area (Å²) in [5.74, 6) is 0.193. The third-order valence-electron chi connectivity index (χ3n) is 6.04. The Bertz CT molecular complexity index is 1120. The molecule has 3 N–H and O–H groups in total. The number of H-pyrrole nitrogens is 1. The van der Waals surface area contributed by atoms with Crippen LogP contribution in [0.2, 0.25) is 0 Å². The van der Waals surface area contributed by atoms with Gasteiger partial charge in [0.25, 0.3) is 11.5 Å². The van der Waals surface area contributed by atoms with Gasteiger partial charge in [-0.05, 0) is 32.6 Å². The summed E-state index contributed by atoms with van der Waals surface area (Å²) in [7, 11) is 0. The summed E-state index contributed by atoms with van der Waals surface area (Å²) in [6.07, 6.45) is 5.11. The third kappa shape index (κ3) is 2.34. The molecule has 1 aliphatic heterocycles. The number of nitrogens with two attached hydrogens (primary N) is 1. The maximum Gasteiger partial charge on any atom is 0.272 e. The SMILES string of the molecule is Cc1nc2sccn2c1C(=O)N1CCC2(CCc3c2nc(N)[nH]c3=O)CC1. The van der Waals surface area contributed by atoms with Crippen LogP contribution in [0.1, 0.15) is 46.7 Å². The number of fused-ring (bicyclic) bond motifs is 3. The highest BCUT2D eigenvalue weighted by molar-refractivity contribution is 7.15. The molecule has 8 nitrogen and oxygen atoms in total. The van der Waals surface area contributed by atoms with Crippen LogP contribution in [0.4, 0.5) is 5.95 Å². The van der Waals surface area contributed by atoms with E-state index in [4.69, 9.17) is 5.73 Å². The Morgan fingerprint density at radius 1 is 1.30 bits per heavy atom. The molecule has 9 heteroatoms. The van der Waals surface area contributed by atoms with Gasteiger partial charge < -0.3 is 10.6 Å². The summed E-state index contributed by atoms with van der Waals surface area (Å²) in [6.45, 7) is 3.16. The number of nitrogens with one attached hydrogen (secondary N) is 1. The van der Waals surface area contributed by atoms with Crippen LogP contribution in [0.3, 0.4) is 0 Å². The Balaban J connectivity index is 1.42. The molecule has 4 heterocycles. The molecule has 0 unspecified atom stereocenters. The predicted molar refractivity (Wildman–Crippen MR) is 102 cm³/mol. The third-order valence-corrected chi connectivity index (χ3v) is 6.79. The van der Waals surface area contributed by atoms with E-state index in [1.54, 1.807) is 0 Å². The number of likely N-dealkylation sites (tertiary alicyclic amines) is 1. The number of nitrogens with zero attached hydrogens (tertiary/aromatic N) is 4. The molecule has 0 saturated carbocycles. The fourth-order valence-corrected chi connectivity index (χ4v) is 5.35. The van der Waals surface area contributed by atoms with Crippen molar-refractivity contribution in [3.8, 4) is 0 Å². The second kappa shape index (κ2) is 5.66. The number of aromatic nitrogens is 4. The molecule has 1 spiro atoms. The Morgan fingerprint density at radius 2 is 2.07 bits per heavy atom. The number of hydrogen-bond donors (Lipinski definition) is 2. The monoisotopic (exact) mass is 384 g/mol. The van der Waals surface area contributed by atoms with Gasteiger partial charge in [-0.15, -0.1) is 11.3 Å². The average Bonchev–Trinajstić information content (AvgIpc) is 3.29. The number of anilines is 1. The topological polar surface area (TPSA) is 109 Å². The van der Waals surface area contributed by atoms with Crippen LogP contribution in [0.15, 0.2) is 16.4 Å². The van der Waals surface area contributed by atoms with E-state index in [-0.39, 0.29) is 22.8 Å². The number of thiazole rings is 1. The lowest BCUT2D eigenvalue weighted by Gasteiger charge is -2.39. The van der Waals surface area contributed by atoms with E-state index in [2.05, 4.69) is 15.0 Å². The lowest BCUT2D eigenvalue weighted by atomic mass is 9.76. The molecule has 1 saturated heterocycles. The molecule has 5 rings (SSSR count). The number of carbonyl (C=O) groups excluding carboxylic acids is 1. The van der Waals surface area contributed by atoms with E-state index in [9.17, 15) is 9.59 Å². The fourth-order valence-electron chi connectivity index (χ4n) is 4.59. The van der Waals surface area contributed by atoms with Gasteiger partial charge in [0.1, 0.15) is 5.69 Å². The van der Waals surface area contributed by atoms with Crippen molar-refractivity contribution in [1.82, 2.24) is 24.3 Å². The highest BCUT2D eigenvalue weighted by Gasteiger charge is 2.45. The second-order valence-electron chi connectivity index (χ2n) is 7.45. The van der Waals surface area contributed by atoms with Crippen LogP contribution in [0, 0.1) is 6.92 Å². The van der Waals surface area contributed by atoms with E-state index in [0.717, 1.165) is 47.6 Å². The number of amides is 1. The first-order valence-electron chi connectivity index (χ1n) is 9.09. The average molecular weight is 384 g/mol. The van der Waals surface area contributed by atoms with Gasteiger partial charge in [-0.25, -0.2) is 9.97 Å². The Kier molecular flexibility index (Phi) is 3.45. The zero-order valence-electron chi connectivity index (χ0n) is 15.0. The van der Waals surface area contributed by atoms with Crippen molar-refractivity contribution in [3.63, 3.8) is 0 Å². The van der Waals surface area contributed by atoms with Gasteiger partial charge in [0, 0.05) is 35.6 Å². The first-order valence-corrected chi connectivity index (χ1v) is 9.97. The number of imidazole rings is 1.